The normalized spacial score (nSPS) is 14.6. The van der Waals surface area contributed by atoms with Gasteiger partial charge in [-0.15, -0.1) is 0 Å². The van der Waals surface area contributed by atoms with Gasteiger partial charge in [0.1, 0.15) is 5.75 Å². The van der Waals surface area contributed by atoms with Gasteiger partial charge in [0.05, 0.1) is 11.8 Å². The summed E-state index contributed by atoms with van der Waals surface area (Å²) in [5.74, 6) is 0.0138. The number of esters is 1. The van der Waals surface area contributed by atoms with Gasteiger partial charge in [-0.1, -0.05) is 52.9 Å². The fraction of sp³-hybridized carbons (Fsp3) is 0.318. The van der Waals surface area contributed by atoms with Crippen molar-refractivity contribution in [2.45, 2.75) is 45.1 Å². The molecule has 5 nitrogen and oxygen atoms in total. The highest BCUT2D eigenvalue weighted by Crippen LogP contribution is 2.23. The molecule has 0 amide bonds. The van der Waals surface area contributed by atoms with Crippen molar-refractivity contribution in [3.8, 4) is 5.75 Å². The number of hydrogen-bond acceptors (Lipinski definition) is 4. The molecule has 1 aliphatic carbocycles. The van der Waals surface area contributed by atoms with Gasteiger partial charge in [0, 0.05) is 16.1 Å². The van der Waals surface area contributed by atoms with E-state index in [0.29, 0.717) is 28.0 Å². The van der Waals surface area contributed by atoms with E-state index in [0.717, 1.165) is 22.9 Å². The van der Waals surface area contributed by atoms with Crippen molar-refractivity contribution in [3.63, 3.8) is 0 Å². The van der Waals surface area contributed by atoms with Crippen LogP contribution in [-0.2, 0) is 0 Å². The van der Waals surface area contributed by atoms with E-state index in [4.69, 9.17) is 17.0 Å². The highest BCUT2D eigenvalue weighted by molar-refractivity contribution is 9.10. The zero-order valence-electron chi connectivity index (χ0n) is 16.3. The Balaban J connectivity index is 1.63. The third-order valence-electron chi connectivity index (χ3n) is 4.77. The van der Waals surface area contributed by atoms with Gasteiger partial charge in [-0.25, -0.2) is 4.79 Å². The van der Waals surface area contributed by atoms with Gasteiger partial charge in [0.25, 0.3) is 0 Å². The van der Waals surface area contributed by atoms with E-state index < -0.39 is 5.97 Å². The molecule has 2 N–H and O–H groups in total. The molecular weight excluding hydrogens is 450 g/mol. The molecule has 0 radical (unpaired) electrons. The Labute approximate surface area is 185 Å². The minimum absolute atomic E-state index is 0.413. The summed E-state index contributed by atoms with van der Waals surface area (Å²) < 4.78 is 6.44. The fourth-order valence-electron chi connectivity index (χ4n) is 3.19. The smallest absolute Gasteiger partial charge is 0.343 e. The van der Waals surface area contributed by atoms with Crippen LogP contribution in [0, 0.1) is 6.92 Å². The van der Waals surface area contributed by atoms with Gasteiger partial charge in [0.15, 0.2) is 5.11 Å². The van der Waals surface area contributed by atoms with E-state index in [2.05, 4.69) is 31.8 Å². The molecule has 7 heteroatoms. The predicted molar refractivity (Wildman–Crippen MR) is 124 cm³/mol. The van der Waals surface area contributed by atoms with Crippen molar-refractivity contribution in [1.29, 1.82) is 0 Å². The molecule has 0 saturated heterocycles. The number of carbonyl (C=O) groups excluding carboxylic acids is 1. The van der Waals surface area contributed by atoms with E-state index in [-0.39, 0.29) is 0 Å². The highest BCUT2D eigenvalue weighted by Gasteiger charge is 2.14. The lowest BCUT2D eigenvalue weighted by atomic mass is 9.96. The third kappa shape index (κ3) is 6.65. The summed E-state index contributed by atoms with van der Waals surface area (Å²) in [7, 11) is 0. The summed E-state index contributed by atoms with van der Waals surface area (Å²) in [5, 5.41) is 8.01. The van der Waals surface area contributed by atoms with Crippen LogP contribution in [0.15, 0.2) is 52.0 Å². The topological polar surface area (TPSA) is 62.7 Å². The molecule has 0 spiro atoms. The first-order valence-corrected chi connectivity index (χ1v) is 10.9. The molecule has 3 rings (SSSR count). The van der Waals surface area contributed by atoms with Crippen molar-refractivity contribution in [2.24, 2.45) is 5.10 Å². The lowest BCUT2D eigenvalue weighted by Crippen LogP contribution is -2.40. The predicted octanol–water partition coefficient (Wildman–Crippen LogP) is 5.11. The number of aryl methyl sites for hydroxylation is 1. The summed E-state index contributed by atoms with van der Waals surface area (Å²) >= 11 is 8.76. The Bertz CT molecular complexity index is 893. The van der Waals surface area contributed by atoms with Crippen LogP contribution in [0.4, 0.5) is 0 Å². The molecule has 0 unspecified atom stereocenters. The average molecular weight is 474 g/mol. The number of nitrogens with one attached hydrogen (secondary N) is 2. The second-order valence-corrected chi connectivity index (χ2v) is 8.44. The zero-order chi connectivity index (χ0) is 20.6. The van der Waals surface area contributed by atoms with Crippen LogP contribution in [0.5, 0.6) is 5.75 Å². The first-order chi connectivity index (χ1) is 14.0. The van der Waals surface area contributed by atoms with Crippen LogP contribution in [0.2, 0.25) is 0 Å². The summed E-state index contributed by atoms with van der Waals surface area (Å²) in [4.78, 5) is 12.4. The fourth-order valence-corrected chi connectivity index (χ4v) is 3.78. The van der Waals surface area contributed by atoms with Crippen molar-refractivity contribution >= 4 is 45.4 Å². The van der Waals surface area contributed by atoms with Crippen LogP contribution in [0.3, 0.4) is 0 Å². The summed E-state index contributed by atoms with van der Waals surface area (Å²) in [6.07, 6.45) is 7.63. The van der Waals surface area contributed by atoms with Gasteiger partial charge >= 0.3 is 5.97 Å². The maximum atomic E-state index is 12.4. The lowest BCUT2D eigenvalue weighted by molar-refractivity contribution is 0.0734. The van der Waals surface area contributed by atoms with E-state index in [9.17, 15) is 4.79 Å². The number of benzene rings is 2. The Hall–Kier alpha value is -2.25. The number of hydrogen-bond donors (Lipinski definition) is 2. The van der Waals surface area contributed by atoms with Gasteiger partial charge in [0.2, 0.25) is 0 Å². The monoisotopic (exact) mass is 473 g/mol. The van der Waals surface area contributed by atoms with Crippen LogP contribution in [0.1, 0.15) is 53.6 Å². The van der Waals surface area contributed by atoms with Crippen molar-refractivity contribution in [2.75, 3.05) is 0 Å². The quantitative estimate of drug-likeness (QED) is 0.207. The molecule has 0 atom stereocenters. The van der Waals surface area contributed by atoms with Crippen LogP contribution >= 0.6 is 28.1 Å². The van der Waals surface area contributed by atoms with E-state index in [1.165, 1.54) is 19.3 Å². The summed E-state index contributed by atoms with van der Waals surface area (Å²) in [6.45, 7) is 1.97. The Morgan fingerprint density at radius 1 is 1.17 bits per heavy atom. The molecule has 0 bridgehead atoms. The molecule has 152 valence electrons. The first-order valence-electron chi connectivity index (χ1n) is 9.69. The Morgan fingerprint density at radius 3 is 2.62 bits per heavy atom. The summed E-state index contributed by atoms with van der Waals surface area (Å²) in [5.41, 5.74) is 5.09. The third-order valence-corrected chi connectivity index (χ3v) is 5.47. The van der Waals surface area contributed by atoms with Crippen molar-refractivity contribution in [3.05, 3.63) is 63.6 Å². The Morgan fingerprint density at radius 2 is 1.90 bits per heavy atom. The summed E-state index contributed by atoms with van der Waals surface area (Å²) in [6, 6.07) is 13.1. The highest BCUT2D eigenvalue weighted by atomic mass is 79.9. The second-order valence-electron chi connectivity index (χ2n) is 7.12. The van der Waals surface area contributed by atoms with E-state index >= 15 is 0 Å². The minimum Gasteiger partial charge on any atom is -0.422 e. The van der Waals surface area contributed by atoms with Gasteiger partial charge in [-0.05, 0) is 62.3 Å². The number of nitrogens with zero attached hydrogens (tertiary/aromatic N) is 1. The van der Waals surface area contributed by atoms with Crippen LogP contribution in [-0.4, -0.2) is 23.3 Å². The molecule has 1 saturated carbocycles. The molecule has 1 aliphatic rings. The van der Waals surface area contributed by atoms with Gasteiger partial charge < -0.3 is 10.1 Å². The van der Waals surface area contributed by atoms with Crippen LogP contribution in [0.25, 0.3) is 0 Å². The maximum Gasteiger partial charge on any atom is 0.343 e. The maximum absolute atomic E-state index is 12.4. The molecule has 29 heavy (non-hydrogen) atoms. The van der Waals surface area contributed by atoms with E-state index in [1.54, 1.807) is 24.4 Å². The SMILES string of the molecule is Cc1ccc(C(=O)Oc2ccc(Br)cc2/C=N/NC(=S)NC2CCCCC2)cc1. The number of carbonyl (C=O) groups is 1. The molecule has 2 aromatic rings. The zero-order valence-corrected chi connectivity index (χ0v) is 18.7. The number of rotatable bonds is 5. The molecule has 2 aromatic carbocycles. The lowest BCUT2D eigenvalue weighted by Gasteiger charge is -2.23. The number of thiocarbonyl (C=S) groups is 1. The van der Waals surface area contributed by atoms with Crippen molar-refractivity contribution < 1.29 is 9.53 Å². The van der Waals surface area contributed by atoms with Gasteiger partial charge in [-0.3, -0.25) is 5.43 Å². The van der Waals surface area contributed by atoms with Crippen LogP contribution < -0.4 is 15.5 Å². The van der Waals surface area contributed by atoms with Gasteiger partial charge in [-0.2, -0.15) is 5.10 Å². The van der Waals surface area contributed by atoms with Crippen molar-refractivity contribution in [1.82, 2.24) is 10.7 Å². The van der Waals surface area contributed by atoms with E-state index in [1.807, 2.05) is 31.2 Å². The standard InChI is InChI=1S/C22H24BrN3O2S/c1-15-7-9-16(10-8-15)21(27)28-20-12-11-18(23)13-17(20)14-24-26-22(29)25-19-5-3-2-4-6-19/h7-14,19H,2-6H2,1H3,(H2,25,26,29)/b24-14+. The average Bonchev–Trinajstić information content (AvgIpc) is 2.71. The number of halogens is 1. The first kappa shape index (κ1) is 21.5. The minimum atomic E-state index is -0.413. The molecule has 0 heterocycles. The molecule has 0 aromatic heterocycles. The second kappa shape index (κ2) is 10.5. The molecular formula is C22H24BrN3O2S. The largest absolute Gasteiger partial charge is 0.422 e. The number of hydrazone groups is 1. The molecule has 1 fully saturated rings. The Kier molecular flexibility index (Phi) is 7.77. The molecule has 0 aliphatic heterocycles. The number of ether oxygens (including phenoxy) is 1.